The van der Waals surface area contributed by atoms with Gasteiger partial charge in [0, 0.05) is 42.7 Å². The molecule has 1 aliphatic heterocycles. The van der Waals surface area contributed by atoms with Crippen LogP contribution in [0.5, 0.6) is 0 Å². The summed E-state index contributed by atoms with van der Waals surface area (Å²) in [6, 6.07) is 16.3. The molecule has 0 radical (unpaired) electrons. The Morgan fingerprint density at radius 2 is 1.83 bits per heavy atom. The van der Waals surface area contributed by atoms with E-state index in [4.69, 9.17) is 0 Å². The summed E-state index contributed by atoms with van der Waals surface area (Å²) >= 11 is 0. The minimum atomic E-state index is -3.59. The Morgan fingerprint density at radius 1 is 1.07 bits per heavy atom. The fourth-order valence-electron chi connectivity index (χ4n) is 4.18. The van der Waals surface area contributed by atoms with E-state index in [2.05, 4.69) is 16.4 Å². The van der Waals surface area contributed by atoms with Crippen LogP contribution >= 0.6 is 0 Å². The maximum absolute atomic E-state index is 13.1. The van der Waals surface area contributed by atoms with Crippen LogP contribution in [0.25, 0.3) is 10.9 Å². The van der Waals surface area contributed by atoms with E-state index in [0.29, 0.717) is 19.5 Å². The molecule has 7 heteroatoms. The number of para-hydroxylation sites is 1. The van der Waals surface area contributed by atoms with Crippen LogP contribution in [0.2, 0.25) is 0 Å². The fraction of sp³-hybridized carbons (Fsp3) is 0.348. The molecule has 1 atom stereocenters. The number of piperidine rings is 1. The molecule has 0 saturated carbocycles. The van der Waals surface area contributed by atoms with E-state index >= 15 is 0 Å². The van der Waals surface area contributed by atoms with Crippen molar-refractivity contribution in [1.82, 2.24) is 14.6 Å². The Kier molecular flexibility index (Phi) is 6.20. The van der Waals surface area contributed by atoms with E-state index < -0.39 is 10.0 Å². The third kappa shape index (κ3) is 4.42. The molecule has 2 aromatic carbocycles. The minimum Gasteiger partial charge on any atom is -0.361 e. The average molecular weight is 426 g/mol. The molecule has 0 spiro atoms. The number of rotatable bonds is 7. The number of nitrogens with one attached hydrogen (secondary N) is 2. The van der Waals surface area contributed by atoms with Gasteiger partial charge < -0.3 is 10.3 Å². The predicted molar refractivity (Wildman–Crippen MR) is 118 cm³/mol. The highest BCUT2D eigenvalue weighted by molar-refractivity contribution is 7.89. The van der Waals surface area contributed by atoms with E-state index in [1.807, 2.05) is 24.4 Å². The van der Waals surface area contributed by atoms with E-state index in [0.717, 1.165) is 30.3 Å². The lowest BCUT2D eigenvalue weighted by molar-refractivity contribution is -0.122. The topological polar surface area (TPSA) is 82.3 Å². The van der Waals surface area contributed by atoms with Crippen molar-refractivity contribution in [1.29, 1.82) is 0 Å². The number of hydrogen-bond donors (Lipinski definition) is 2. The Labute approximate surface area is 177 Å². The Balaban J connectivity index is 1.36. The monoisotopic (exact) mass is 425 g/mol. The van der Waals surface area contributed by atoms with Gasteiger partial charge >= 0.3 is 0 Å². The molecule has 1 saturated heterocycles. The maximum Gasteiger partial charge on any atom is 0.243 e. The van der Waals surface area contributed by atoms with Crippen molar-refractivity contribution in [2.24, 2.45) is 0 Å². The summed E-state index contributed by atoms with van der Waals surface area (Å²) in [6.45, 7) is 0.989. The minimum absolute atomic E-state index is 0.102. The van der Waals surface area contributed by atoms with Gasteiger partial charge in [-0.05, 0) is 43.0 Å². The van der Waals surface area contributed by atoms with Crippen LogP contribution in [0.15, 0.2) is 65.7 Å². The first-order valence-electron chi connectivity index (χ1n) is 10.4. The van der Waals surface area contributed by atoms with Crippen LogP contribution in [0.3, 0.4) is 0 Å². The van der Waals surface area contributed by atoms with E-state index in [1.54, 1.807) is 30.3 Å². The van der Waals surface area contributed by atoms with Crippen molar-refractivity contribution in [3.63, 3.8) is 0 Å². The average Bonchev–Trinajstić information content (AvgIpc) is 3.18. The lowest BCUT2D eigenvalue weighted by atomic mass is 10.0. The standard InChI is InChI=1S/C23H27N3O3S/c27-23(24-14-13-18-17-25-22-12-5-4-11-21(18)22)16-19-8-6-7-15-26(19)30(28,29)20-9-2-1-3-10-20/h1-5,9-12,17,19,25H,6-8,13-16H2,(H,24,27)/t19-/m0/s1. The Bertz CT molecular complexity index is 1110. The van der Waals surface area contributed by atoms with Gasteiger partial charge in [0.25, 0.3) is 0 Å². The van der Waals surface area contributed by atoms with E-state index in [9.17, 15) is 13.2 Å². The predicted octanol–water partition coefficient (Wildman–Crippen LogP) is 3.46. The third-order valence-corrected chi connectivity index (χ3v) is 7.70. The second-order valence-electron chi connectivity index (χ2n) is 7.74. The zero-order valence-electron chi connectivity index (χ0n) is 16.9. The number of nitrogens with zero attached hydrogens (tertiary/aromatic N) is 1. The quantitative estimate of drug-likeness (QED) is 0.608. The number of H-pyrrole nitrogens is 1. The van der Waals surface area contributed by atoms with Crippen molar-refractivity contribution in [2.45, 2.75) is 43.0 Å². The maximum atomic E-state index is 13.1. The molecular weight excluding hydrogens is 398 g/mol. The Hall–Kier alpha value is -2.64. The van der Waals surface area contributed by atoms with Gasteiger partial charge in [0.2, 0.25) is 15.9 Å². The number of carbonyl (C=O) groups is 1. The van der Waals surface area contributed by atoms with Crippen molar-refractivity contribution >= 4 is 26.8 Å². The van der Waals surface area contributed by atoms with Crippen LogP contribution in [0, 0.1) is 0 Å². The molecule has 158 valence electrons. The number of benzene rings is 2. The molecule has 30 heavy (non-hydrogen) atoms. The number of sulfonamides is 1. The molecule has 1 aromatic heterocycles. The normalized spacial score (nSPS) is 17.8. The molecular formula is C23H27N3O3S. The molecule has 3 aromatic rings. The molecule has 0 aliphatic carbocycles. The highest BCUT2D eigenvalue weighted by Gasteiger charge is 2.34. The largest absolute Gasteiger partial charge is 0.361 e. The van der Waals surface area contributed by atoms with Crippen LogP contribution in [0.4, 0.5) is 0 Å². The molecule has 1 aliphatic rings. The second-order valence-corrected chi connectivity index (χ2v) is 9.63. The Morgan fingerprint density at radius 3 is 2.67 bits per heavy atom. The number of aromatic amines is 1. The zero-order valence-corrected chi connectivity index (χ0v) is 17.7. The van der Waals surface area contributed by atoms with Gasteiger partial charge in [-0.25, -0.2) is 8.42 Å². The molecule has 2 heterocycles. The van der Waals surface area contributed by atoms with Crippen molar-refractivity contribution in [3.8, 4) is 0 Å². The molecule has 1 fully saturated rings. The smallest absolute Gasteiger partial charge is 0.243 e. The summed E-state index contributed by atoms with van der Waals surface area (Å²) in [5.74, 6) is -0.102. The fourth-order valence-corrected chi connectivity index (χ4v) is 5.90. The number of hydrogen-bond acceptors (Lipinski definition) is 3. The third-order valence-electron chi connectivity index (χ3n) is 5.74. The zero-order chi connectivity index (χ0) is 21.0. The van der Waals surface area contributed by atoms with Crippen LogP contribution in [0.1, 0.15) is 31.2 Å². The number of aromatic nitrogens is 1. The first-order valence-corrected chi connectivity index (χ1v) is 11.9. The lowest BCUT2D eigenvalue weighted by Crippen LogP contribution is -2.46. The van der Waals surface area contributed by atoms with Gasteiger partial charge in [0.1, 0.15) is 0 Å². The molecule has 0 unspecified atom stereocenters. The van der Waals surface area contributed by atoms with Gasteiger partial charge in [-0.2, -0.15) is 4.31 Å². The highest BCUT2D eigenvalue weighted by atomic mass is 32.2. The van der Waals surface area contributed by atoms with Gasteiger partial charge in [-0.3, -0.25) is 4.79 Å². The van der Waals surface area contributed by atoms with Gasteiger partial charge in [0.05, 0.1) is 4.90 Å². The number of fused-ring (bicyclic) bond motifs is 1. The van der Waals surface area contributed by atoms with E-state index in [-0.39, 0.29) is 23.3 Å². The summed E-state index contributed by atoms with van der Waals surface area (Å²) in [5, 5.41) is 4.14. The van der Waals surface area contributed by atoms with Crippen molar-refractivity contribution < 1.29 is 13.2 Å². The summed E-state index contributed by atoms with van der Waals surface area (Å²) in [5.41, 5.74) is 2.25. The molecule has 4 rings (SSSR count). The van der Waals surface area contributed by atoms with Crippen molar-refractivity contribution in [2.75, 3.05) is 13.1 Å². The summed E-state index contributed by atoms with van der Waals surface area (Å²) in [4.78, 5) is 16.1. The lowest BCUT2D eigenvalue weighted by Gasteiger charge is -2.34. The second kappa shape index (κ2) is 9.02. The number of carbonyl (C=O) groups excluding carboxylic acids is 1. The van der Waals surface area contributed by atoms with Crippen LogP contribution in [-0.2, 0) is 21.2 Å². The summed E-state index contributed by atoms with van der Waals surface area (Å²) < 4.78 is 27.6. The first kappa shape index (κ1) is 20.6. The highest BCUT2D eigenvalue weighted by Crippen LogP contribution is 2.27. The molecule has 1 amide bonds. The van der Waals surface area contributed by atoms with Gasteiger partial charge in [0.15, 0.2) is 0 Å². The molecule has 2 N–H and O–H groups in total. The van der Waals surface area contributed by atoms with Gasteiger partial charge in [-0.1, -0.05) is 42.8 Å². The molecule has 0 bridgehead atoms. The molecule has 6 nitrogen and oxygen atoms in total. The number of amides is 1. The SMILES string of the molecule is O=C(C[C@@H]1CCCCN1S(=O)(=O)c1ccccc1)NCCc1c[nH]c2ccccc12. The first-order chi connectivity index (χ1) is 14.6. The summed E-state index contributed by atoms with van der Waals surface area (Å²) in [7, 11) is -3.59. The van der Waals surface area contributed by atoms with Gasteiger partial charge in [-0.15, -0.1) is 0 Å². The summed E-state index contributed by atoms with van der Waals surface area (Å²) in [6.07, 6.45) is 5.37. The van der Waals surface area contributed by atoms with Crippen molar-refractivity contribution in [3.05, 3.63) is 66.4 Å². The van der Waals surface area contributed by atoms with E-state index in [1.165, 1.54) is 9.69 Å². The van der Waals surface area contributed by atoms with Crippen LogP contribution < -0.4 is 5.32 Å². The van der Waals surface area contributed by atoms with Crippen LogP contribution in [-0.4, -0.2) is 42.7 Å².